The van der Waals surface area contributed by atoms with Gasteiger partial charge in [-0.1, -0.05) is 19.8 Å². The van der Waals surface area contributed by atoms with Gasteiger partial charge in [0.1, 0.15) is 0 Å². The minimum Gasteiger partial charge on any atom is -0.394 e. The summed E-state index contributed by atoms with van der Waals surface area (Å²) in [6.07, 6.45) is 6.02. The molecule has 1 aliphatic carbocycles. The fourth-order valence-electron chi connectivity index (χ4n) is 3.42. The van der Waals surface area contributed by atoms with Crippen molar-refractivity contribution in [3.05, 3.63) is 0 Å². The van der Waals surface area contributed by atoms with Gasteiger partial charge in [-0.25, -0.2) is 0 Å². The van der Waals surface area contributed by atoms with Crippen molar-refractivity contribution < 1.29 is 9.90 Å². The number of amides is 1. The summed E-state index contributed by atoms with van der Waals surface area (Å²) < 4.78 is 0. The van der Waals surface area contributed by atoms with E-state index in [1.165, 1.54) is 6.42 Å². The summed E-state index contributed by atoms with van der Waals surface area (Å²) in [4.78, 5) is 12.4. The fraction of sp³-hybridized carbons (Fsp3) is 0.929. The highest BCUT2D eigenvalue weighted by Gasteiger charge is 2.42. The van der Waals surface area contributed by atoms with E-state index in [9.17, 15) is 9.90 Å². The van der Waals surface area contributed by atoms with Gasteiger partial charge >= 0.3 is 0 Å². The molecular weight excluding hydrogens is 228 g/mol. The number of carbonyl (C=O) groups is 1. The topological polar surface area (TPSA) is 61.4 Å². The maximum atomic E-state index is 12.4. The van der Waals surface area contributed by atoms with Crippen LogP contribution in [0, 0.1) is 5.92 Å². The van der Waals surface area contributed by atoms with Gasteiger partial charge < -0.3 is 15.7 Å². The number of hydrogen-bond acceptors (Lipinski definition) is 3. The van der Waals surface area contributed by atoms with E-state index in [1.807, 2.05) is 6.92 Å². The number of rotatable bonds is 3. The van der Waals surface area contributed by atoms with Gasteiger partial charge in [-0.15, -0.1) is 0 Å². The Kier molecular flexibility index (Phi) is 3.97. The molecular formula is C14H26N2O2. The number of aliphatic hydroxyl groups is 1. The lowest BCUT2D eigenvalue weighted by Crippen LogP contribution is -2.61. The highest BCUT2D eigenvalue weighted by molar-refractivity contribution is 5.86. The van der Waals surface area contributed by atoms with Crippen LogP contribution in [0.3, 0.4) is 0 Å². The van der Waals surface area contributed by atoms with Crippen molar-refractivity contribution in [2.45, 2.75) is 63.5 Å². The Hall–Kier alpha value is -0.610. The Labute approximate surface area is 110 Å². The Morgan fingerprint density at radius 3 is 2.78 bits per heavy atom. The standard InChI is InChI=1S/C14H26N2O2/c1-11-5-3-7-14(9-11,10-17)16-12(18)13(2)6-4-8-15-13/h11,15,17H,3-10H2,1-2H3,(H,16,18). The van der Waals surface area contributed by atoms with E-state index in [1.54, 1.807) is 0 Å². The van der Waals surface area contributed by atoms with E-state index in [4.69, 9.17) is 0 Å². The molecule has 1 aliphatic heterocycles. The second-order valence-electron chi connectivity index (χ2n) is 6.46. The molecule has 2 rings (SSSR count). The molecule has 0 radical (unpaired) electrons. The Balaban J connectivity index is 2.03. The van der Waals surface area contributed by atoms with Crippen LogP contribution in [0.25, 0.3) is 0 Å². The highest BCUT2D eigenvalue weighted by Crippen LogP contribution is 2.33. The molecule has 4 heteroatoms. The summed E-state index contributed by atoms with van der Waals surface area (Å²) in [6.45, 7) is 5.13. The first kappa shape index (κ1) is 13.8. The van der Waals surface area contributed by atoms with Crippen molar-refractivity contribution in [2.24, 2.45) is 5.92 Å². The summed E-state index contributed by atoms with van der Waals surface area (Å²) in [5.74, 6) is 0.638. The molecule has 1 saturated carbocycles. The van der Waals surface area contributed by atoms with Crippen LogP contribution in [0.2, 0.25) is 0 Å². The van der Waals surface area contributed by atoms with Crippen LogP contribution in [0.15, 0.2) is 0 Å². The lowest BCUT2D eigenvalue weighted by Gasteiger charge is -2.41. The van der Waals surface area contributed by atoms with E-state index >= 15 is 0 Å². The predicted octanol–water partition coefficient (Wildman–Crippen LogP) is 1.19. The molecule has 1 heterocycles. The largest absolute Gasteiger partial charge is 0.394 e. The first-order valence-electron chi connectivity index (χ1n) is 7.18. The summed E-state index contributed by atoms with van der Waals surface area (Å²) in [6, 6.07) is 0. The molecule has 0 bridgehead atoms. The van der Waals surface area contributed by atoms with Crippen LogP contribution in [0.5, 0.6) is 0 Å². The van der Waals surface area contributed by atoms with Gasteiger partial charge in [0.15, 0.2) is 0 Å². The molecule has 3 atom stereocenters. The second-order valence-corrected chi connectivity index (χ2v) is 6.46. The van der Waals surface area contributed by atoms with Crippen molar-refractivity contribution in [1.29, 1.82) is 0 Å². The molecule has 0 aromatic rings. The van der Waals surface area contributed by atoms with Gasteiger partial charge in [0, 0.05) is 0 Å². The van der Waals surface area contributed by atoms with Crippen molar-refractivity contribution in [3.63, 3.8) is 0 Å². The fourth-order valence-corrected chi connectivity index (χ4v) is 3.42. The first-order chi connectivity index (χ1) is 8.50. The Bertz CT molecular complexity index is 313. The van der Waals surface area contributed by atoms with Crippen LogP contribution >= 0.6 is 0 Å². The van der Waals surface area contributed by atoms with Gasteiger partial charge in [0.2, 0.25) is 5.91 Å². The highest BCUT2D eigenvalue weighted by atomic mass is 16.3. The van der Waals surface area contributed by atoms with Gasteiger partial charge in [-0.3, -0.25) is 4.79 Å². The first-order valence-corrected chi connectivity index (χ1v) is 7.18. The number of aliphatic hydroxyl groups excluding tert-OH is 1. The molecule has 3 unspecified atom stereocenters. The van der Waals surface area contributed by atoms with E-state index in [0.29, 0.717) is 5.92 Å². The maximum absolute atomic E-state index is 12.4. The minimum atomic E-state index is -0.442. The quantitative estimate of drug-likeness (QED) is 0.709. The third-order valence-electron chi connectivity index (χ3n) is 4.64. The van der Waals surface area contributed by atoms with Gasteiger partial charge in [0.05, 0.1) is 17.7 Å². The molecule has 4 nitrogen and oxygen atoms in total. The van der Waals surface area contributed by atoms with Crippen molar-refractivity contribution in [3.8, 4) is 0 Å². The van der Waals surface area contributed by atoms with Gasteiger partial charge in [0.25, 0.3) is 0 Å². The molecule has 2 aliphatic rings. The molecule has 1 saturated heterocycles. The van der Waals surface area contributed by atoms with Crippen LogP contribution in [0.1, 0.15) is 52.4 Å². The zero-order valence-electron chi connectivity index (χ0n) is 11.6. The van der Waals surface area contributed by atoms with Gasteiger partial charge in [-0.2, -0.15) is 0 Å². The average Bonchev–Trinajstić information content (AvgIpc) is 2.77. The SMILES string of the molecule is CC1CCCC(CO)(NC(=O)C2(C)CCCN2)C1. The van der Waals surface area contributed by atoms with Crippen molar-refractivity contribution >= 4 is 5.91 Å². The molecule has 18 heavy (non-hydrogen) atoms. The lowest BCUT2D eigenvalue weighted by molar-refractivity contribution is -0.130. The average molecular weight is 254 g/mol. The molecule has 0 aromatic heterocycles. The Morgan fingerprint density at radius 1 is 1.44 bits per heavy atom. The van der Waals surface area contributed by atoms with Crippen LogP contribution in [-0.2, 0) is 4.79 Å². The summed E-state index contributed by atoms with van der Waals surface area (Å²) >= 11 is 0. The molecule has 1 amide bonds. The normalized spacial score (nSPS) is 40.7. The van der Waals surface area contributed by atoms with Gasteiger partial charge in [-0.05, 0) is 45.1 Å². The van der Waals surface area contributed by atoms with Crippen molar-refractivity contribution in [1.82, 2.24) is 10.6 Å². The molecule has 2 fully saturated rings. The zero-order valence-corrected chi connectivity index (χ0v) is 11.6. The molecule has 0 spiro atoms. The summed E-state index contributed by atoms with van der Waals surface area (Å²) in [7, 11) is 0. The van der Waals surface area contributed by atoms with Crippen LogP contribution in [0.4, 0.5) is 0 Å². The van der Waals surface area contributed by atoms with E-state index in [-0.39, 0.29) is 18.1 Å². The van der Waals surface area contributed by atoms with Crippen LogP contribution < -0.4 is 10.6 Å². The smallest absolute Gasteiger partial charge is 0.240 e. The zero-order chi connectivity index (χ0) is 13.2. The minimum absolute atomic E-state index is 0.0547. The lowest BCUT2D eigenvalue weighted by atomic mass is 9.76. The maximum Gasteiger partial charge on any atom is 0.240 e. The third-order valence-corrected chi connectivity index (χ3v) is 4.64. The van der Waals surface area contributed by atoms with E-state index in [0.717, 1.165) is 38.6 Å². The number of carbonyl (C=O) groups excluding carboxylic acids is 1. The monoisotopic (exact) mass is 254 g/mol. The third kappa shape index (κ3) is 2.69. The summed E-state index contributed by atoms with van der Waals surface area (Å²) in [5, 5.41) is 16.1. The molecule has 104 valence electrons. The second kappa shape index (κ2) is 5.17. The van der Waals surface area contributed by atoms with E-state index in [2.05, 4.69) is 17.6 Å². The van der Waals surface area contributed by atoms with Crippen molar-refractivity contribution in [2.75, 3.05) is 13.2 Å². The van der Waals surface area contributed by atoms with E-state index < -0.39 is 5.54 Å². The number of hydrogen-bond donors (Lipinski definition) is 3. The summed E-state index contributed by atoms with van der Waals surface area (Å²) in [5.41, 5.74) is -0.828. The number of nitrogens with one attached hydrogen (secondary N) is 2. The van der Waals surface area contributed by atoms with Crippen LogP contribution in [-0.4, -0.2) is 35.2 Å². The molecule has 3 N–H and O–H groups in total. The molecule has 0 aromatic carbocycles. The predicted molar refractivity (Wildman–Crippen MR) is 71.2 cm³/mol. The Morgan fingerprint density at radius 2 is 2.22 bits per heavy atom.